The number of hydrogen-bond acceptors (Lipinski definition) is 5. The Kier molecular flexibility index (Phi) is 3.53. The van der Waals surface area contributed by atoms with E-state index in [0.29, 0.717) is 20.9 Å². The molecular weight excluding hydrogens is 284 g/mol. The van der Waals surface area contributed by atoms with Crippen molar-refractivity contribution in [1.29, 1.82) is 0 Å². The molecule has 2 heterocycles. The summed E-state index contributed by atoms with van der Waals surface area (Å²) in [5, 5.41) is 2.95. The van der Waals surface area contributed by atoms with Crippen LogP contribution in [0, 0.1) is 0 Å². The van der Waals surface area contributed by atoms with Gasteiger partial charge in [-0.1, -0.05) is 30.3 Å². The molecule has 0 spiro atoms. The normalized spacial score (nSPS) is 12.2. The van der Waals surface area contributed by atoms with Gasteiger partial charge in [-0.3, -0.25) is 4.79 Å². The van der Waals surface area contributed by atoms with Crippen molar-refractivity contribution in [1.82, 2.24) is 15.3 Å². The first kappa shape index (κ1) is 13.5. The number of nitrogens with zero attached hydrogens (tertiary/aromatic N) is 2. The lowest BCUT2D eigenvalue weighted by molar-refractivity contribution is 0.0945. The summed E-state index contributed by atoms with van der Waals surface area (Å²) in [5.74, 6) is -0.200. The molecule has 0 aliphatic heterocycles. The number of thiophene rings is 1. The largest absolute Gasteiger partial charge is 0.396 e. The quantitative estimate of drug-likeness (QED) is 0.779. The van der Waals surface area contributed by atoms with Crippen LogP contribution in [-0.4, -0.2) is 15.9 Å². The van der Waals surface area contributed by atoms with E-state index in [9.17, 15) is 4.79 Å². The molecule has 3 rings (SSSR count). The van der Waals surface area contributed by atoms with Crippen LogP contribution in [0.4, 0.5) is 5.69 Å². The van der Waals surface area contributed by atoms with E-state index < -0.39 is 0 Å². The molecular formula is C15H14N4OS. The van der Waals surface area contributed by atoms with E-state index in [1.165, 1.54) is 11.3 Å². The molecule has 1 unspecified atom stereocenters. The van der Waals surface area contributed by atoms with Crippen molar-refractivity contribution in [2.24, 2.45) is 0 Å². The molecule has 0 radical (unpaired) electrons. The molecule has 1 amide bonds. The van der Waals surface area contributed by atoms with Crippen molar-refractivity contribution in [3.8, 4) is 0 Å². The average molecular weight is 298 g/mol. The van der Waals surface area contributed by atoms with Crippen LogP contribution in [0.3, 0.4) is 0 Å². The van der Waals surface area contributed by atoms with Gasteiger partial charge in [-0.25, -0.2) is 9.97 Å². The van der Waals surface area contributed by atoms with Crippen LogP contribution in [0.25, 0.3) is 10.3 Å². The predicted octanol–water partition coefficient (Wildman–Crippen LogP) is 2.76. The summed E-state index contributed by atoms with van der Waals surface area (Å²) in [5.41, 5.74) is 8.02. The first-order chi connectivity index (χ1) is 10.2. The number of hydrogen-bond donors (Lipinski definition) is 2. The van der Waals surface area contributed by atoms with Gasteiger partial charge in [0.1, 0.15) is 15.2 Å². The highest BCUT2D eigenvalue weighted by molar-refractivity contribution is 7.21. The number of carbonyl (C=O) groups is 1. The van der Waals surface area contributed by atoms with Crippen LogP contribution < -0.4 is 11.1 Å². The number of anilines is 1. The monoisotopic (exact) mass is 298 g/mol. The first-order valence-electron chi connectivity index (χ1n) is 6.51. The first-order valence-corrected chi connectivity index (χ1v) is 7.33. The fraction of sp³-hybridized carbons (Fsp3) is 0.133. The third-order valence-corrected chi connectivity index (χ3v) is 4.32. The summed E-state index contributed by atoms with van der Waals surface area (Å²) in [7, 11) is 0. The number of nitrogens with one attached hydrogen (secondary N) is 1. The van der Waals surface area contributed by atoms with Crippen molar-refractivity contribution in [3.05, 3.63) is 53.2 Å². The Labute approximate surface area is 125 Å². The summed E-state index contributed by atoms with van der Waals surface area (Å²) in [6, 6.07) is 9.69. The van der Waals surface area contributed by atoms with Gasteiger partial charge in [-0.2, -0.15) is 0 Å². The van der Waals surface area contributed by atoms with E-state index in [4.69, 9.17) is 5.73 Å². The van der Waals surface area contributed by atoms with Crippen molar-refractivity contribution in [2.75, 3.05) is 5.73 Å². The number of amides is 1. The molecule has 0 aliphatic rings. The standard InChI is InChI=1S/C15H14N4OS/c1-9(10-5-3-2-4-6-10)19-14(20)13-11(16)12-15(21-13)18-8-7-17-12/h2-9H,16H2,1H3,(H,19,20). The van der Waals surface area contributed by atoms with E-state index in [1.54, 1.807) is 12.4 Å². The van der Waals surface area contributed by atoms with Crippen LogP contribution in [0.1, 0.15) is 28.2 Å². The lowest BCUT2D eigenvalue weighted by atomic mass is 10.1. The molecule has 3 N–H and O–H groups in total. The second-order valence-corrected chi connectivity index (χ2v) is 5.66. The average Bonchev–Trinajstić information content (AvgIpc) is 2.86. The summed E-state index contributed by atoms with van der Waals surface area (Å²) < 4.78 is 0. The number of carbonyl (C=O) groups excluding carboxylic acids is 1. The zero-order valence-electron chi connectivity index (χ0n) is 11.4. The molecule has 0 aliphatic carbocycles. The maximum atomic E-state index is 12.4. The summed E-state index contributed by atoms with van der Waals surface area (Å²) >= 11 is 1.26. The number of nitrogens with two attached hydrogens (primary N) is 1. The van der Waals surface area contributed by atoms with E-state index in [0.717, 1.165) is 5.56 Å². The minimum absolute atomic E-state index is 0.0933. The van der Waals surface area contributed by atoms with Crippen LogP contribution >= 0.6 is 11.3 Å². The minimum Gasteiger partial charge on any atom is -0.396 e. The van der Waals surface area contributed by atoms with Gasteiger partial charge < -0.3 is 11.1 Å². The molecule has 106 valence electrons. The smallest absolute Gasteiger partial charge is 0.264 e. The molecule has 3 aromatic rings. The maximum absolute atomic E-state index is 12.4. The Balaban J connectivity index is 1.86. The van der Waals surface area contributed by atoms with E-state index >= 15 is 0 Å². The van der Waals surface area contributed by atoms with Crippen molar-refractivity contribution < 1.29 is 4.79 Å². The number of rotatable bonds is 3. The zero-order valence-corrected chi connectivity index (χ0v) is 12.2. The van der Waals surface area contributed by atoms with Gasteiger partial charge in [-0.15, -0.1) is 11.3 Å². The Morgan fingerprint density at radius 1 is 1.24 bits per heavy atom. The van der Waals surface area contributed by atoms with Crippen LogP contribution in [0.2, 0.25) is 0 Å². The SMILES string of the molecule is CC(NC(=O)c1sc2nccnc2c1N)c1ccccc1. The molecule has 1 aromatic carbocycles. The van der Waals surface area contributed by atoms with Gasteiger partial charge in [0.15, 0.2) is 0 Å². The predicted molar refractivity (Wildman–Crippen MR) is 84.2 cm³/mol. The highest BCUT2D eigenvalue weighted by Crippen LogP contribution is 2.30. The number of nitrogen functional groups attached to an aromatic ring is 1. The molecule has 0 fully saturated rings. The second-order valence-electron chi connectivity index (χ2n) is 4.66. The van der Waals surface area contributed by atoms with Gasteiger partial charge >= 0.3 is 0 Å². The molecule has 5 nitrogen and oxygen atoms in total. The number of benzene rings is 1. The Morgan fingerprint density at radius 2 is 1.95 bits per heavy atom. The van der Waals surface area contributed by atoms with E-state index in [1.807, 2.05) is 37.3 Å². The molecule has 1 atom stereocenters. The lowest BCUT2D eigenvalue weighted by Crippen LogP contribution is -2.26. The molecule has 0 saturated carbocycles. The Hall–Kier alpha value is -2.47. The zero-order chi connectivity index (χ0) is 14.8. The second kappa shape index (κ2) is 5.49. The molecule has 0 saturated heterocycles. The molecule has 2 aromatic heterocycles. The third kappa shape index (κ3) is 2.57. The highest BCUT2D eigenvalue weighted by Gasteiger charge is 2.19. The van der Waals surface area contributed by atoms with Crippen molar-refractivity contribution in [2.45, 2.75) is 13.0 Å². The van der Waals surface area contributed by atoms with Gasteiger partial charge in [-0.05, 0) is 12.5 Å². The van der Waals surface area contributed by atoms with Gasteiger partial charge in [0.25, 0.3) is 5.91 Å². The fourth-order valence-electron chi connectivity index (χ4n) is 2.10. The Morgan fingerprint density at radius 3 is 2.67 bits per heavy atom. The summed E-state index contributed by atoms with van der Waals surface area (Å²) in [6.45, 7) is 1.94. The molecule has 21 heavy (non-hydrogen) atoms. The van der Waals surface area contributed by atoms with Gasteiger partial charge in [0, 0.05) is 12.4 Å². The van der Waals surface area contributed by atoms with Crippen LogP contribution in [0.5, 0.6) is 0 Å². The summed E-state index contributed by atoms with van der Waals surface area (Å²) in [4.78, 5) is 21.9. The van der Waals surface area contributed by atoms with Crippen molar-refractivity contribution >= 4 is 33.3 Å². The highest BCUT2D eigenvalue weighted by atomic mass is 32.1. The fourth-order valence-corrected chi connectivity index (χ4v) is 3.02. The van der Waals surface area contributed by atoms with Gasteiger partial charge in [0.2, 0.25) is 0 Å². The molecule has 6 heteroatoms. The van der Waals surface area contributed by atoms with Gasteiger partial charge in [0.05, 0.1) is 11.7 Å². The minimum atomic E-state index is -0.200. The van der Waals surface area contributed by atoms with E-state index in [-0.39, 0.29) is 11.9 Å². The lowest BCUT2D eigenvalue weighted by Gasteiger charge is -2.13. The maximum Gasteiger partial charge on any atom is 0.264 e. The summed E-state index contributed by atoms with van der Waals surface area (Å²) in [6.07, 6.45) is 3.16. The van der Waals surface area contributed by atoms with Crippen LogP contribution in [0.15, 0.2) is 42.7 Å². The van der Waals surface area contributed by atoms with E-state index in [2.05, 4.69) is 15.3 Å². The molecule has 0 bridgehead atoms. The van der Waals surface area contributed by atoms with Crippen molar-refractivity contribution in [3.63, 3.8) is 0 Å². The topological polar surface area (TPSA) is 80.9 Å². The third-order valence-electron chi connectivity index (χ3n) is 3.22. The Bertz CT molecular complexity index is 785. The number of fused-ring (bicyclic) bond motifs is 1. The number of aromatic nitrogens is 2. The van der Waals surface area contributed by atoms with Crippen LogP contribution in [-0.2, 0) is 0 Å².